The summed E-state index contributed by atoms with van der Waals surface area (Å²) in [6.45, 7) is 12.0. The van der Waals surface area contributed by atoms with Crippen molar-refractivity contribution in [3.05, 3.63) is 0 Å². The van der Waals surface area contributed by atoms with Gasteiger partial charge in [0.1, 0.15) is 0 Å². The van der Waals surface area contributed by atoms with Gasteiger partial charge in [-0.2, -0.15) is 0 Å². The SMILES string of the molecule is CCOC(=O)CCO.CCOC(=O)CCO.CCOC(=O)CCO.CCOC(=O)CCO.CCOC(=O)CCO.CCOC(=O)CCO.ClC(Cl)Cl.ClC(Cl)Cl.ClC(Cl)Cl.ClC(Cl)Cl. The Hall–Kier alpha value is 0.0600. The van der Waals surface area contributed by atoms with Crippen molar-refractivity contribution in [2.75, 3.05) is 79.3 Å². The number of halogens is 12. The summed E-state index contributed by atoms with van der Waals surface area (Å²) >= 11 is 57.7. The second-order valence-corrected chi connectivity index (χ2v) is 16.6. The van der Waals surface area contributed by atoms with Crippen LogP contribution in [0.2, 0.25) is 0 Å². The van der Waals surface area contributed by atoms with Crippen LogP contribution < -0.4 is 0 Å². The lowest BCUT2D eigenvalue weighted by Gasteiger charge is -1.96. The standard InChI is InChI=1S/6C5H10O3.4CHCl3/c6*1-2-8-5(7)3-4-6;4*2-1(3)4/h6*6H,2-4H2,1H3;4*1H. The van der Waals surface area contributed by atoms with E-state index in [4.69, 9.17) is 170 Å². The number of rotatable bonds is 18. The predicted octanol–water partition coefficient (Wildman–Crippen LogP) is 7.54. The predicted molar refractivity (Wildman–Crippen MR) is 255 cm³/mol. The first kappa shape index (κ1) is 87.2. The number of aliphatic hydroxyl groups is 6. The summed E-state index contributed by atoms with van der Waals surface area (Å²) in [5.74, 6) is -2.03. The number of hydrogen-bond donors (Lipinski definition) is 6. The quantitative estimate of drug-likeness (QED) is 0.0439. The molecule has 64 heavy (non-hydrogen) atoms. The molecule has 0 aliphatic rings. The van der Waals surface area contributed by atoms with E-state index in [-0.39, 0.29) is 114 Å². The van der Waals surface area contributed by atoms with Crippen molar-refractivity contribution >= 4 is 175 Å². The monoisotopic (exact) mass is 1180 g/mol. The van der Waals surface area contributed by atoms with Crippen LogP contribution in [0.5, 0.6) is 0 Å². The summed E-state index contributed by atoms with van der Waals surface area (Å²) in [5.41, 5.74) is 0. The van der Waals surface area contributed by atoms with Gasteiger partial charge in [0.25, 0.3) is 0 Å². The number of carbonyl (C=O) groups excluding carboxylic acids is 6. The molecular weight excluding hydrogens is 1120 g/mol. The van der Waals surface area contributed by atoms with Crippen LogP contribution in [0.25, 0.3) is 0 Å². The third kappa shape index (κ3) is 178. The van der Waals surface area contributed by atoms with Crippen molar-refractivity contribution in [2.24, 2.45) is 0 Å². The van der Waals surface area contributed by atoms with E-state index in [2.05, 4.69) is 28.4 Å². The Balaban J connectivity index is -0.0000000641. The van der Waals surface area contributed by atoms with Gasteiger partial charge in [0.05, 0.1) is 118 Å². The Kier molecular flexibility index (Phi) is 113. The molecule has 0 aromatic carbocycles. The average Bonchev–Trinajstić information content (AvgIpc) is 3.14. The molecule has 18 nitrogen and oxygen atoms in total. The number of alkyl halides is 12. The van der Waals surface area contributed by atoms with Gasteiger partial charge in [0.2, 0.25) is 0 Å². The fourth-order valence-corrected chi connectivity index (χ4v) is 1.95. The lowest BCUT2D eigenvalue weighted by molar-refractivity contribution is -0.144. The lowest BCUT2D eigenvalue weighted by atomic mass is 10.5. The molecule has 0 aliphatic carbocycles. The van der Waals surface area contributed by atoms with Crippen molar-refractivity contribution in [1.29, 1.82) is 0 Å². The smallest absolute Gasteiger partial charge is 0.308 e. The van der Waals surface area contributed by atoms with Crippen LogP contribution in [0.15, 0.2) is 0 Å². The summed E-state index contributed by atoms with van der Waals surface area (Å²) in [4.78, 5) is 61.6. The molecule has 0 heterocycles. The second-order valence-electron chi connectivity index (χ2n) is 8.66. The van der Waals surface area contributed by atoms with Crippen LogP contribution in [0.1, 0.15) is 80.1 Å². The van der Waals surface area contributed by atoms with Crippen LogP contribution in [0.3, 0.4) is 0 Å². The van der Waals surface area contributed by atoms with Crippen LogP contribution in [-0.2, 0) is 57.2 Å². The molecule has 0 saturated heterocycles. The van der Waals surface area contributed by atoms with E-state index < -0.39 is 17.2 Å². The van der Waals surface area contributed by atoms with Gasteiger partial charge in [-0.15, -0.1) is 0 Å². The minimum Gasteiger partial charge on any atom is -0.466 e. The highest BCUT2D eigenvalue weighted by molar-refractivity contribution is 6.64. The topological polar surface area (TPSA) is 279 Å². The molecule has 0 fully saturated rings. The molecule has 0 rings (SSSR count). The third-order valence-corrected chi connectivity index (χ3v) is 3.73. The van der Waals surface area contributed by atoms with Crippen molar-refractivity contribution < 1.29 is 87.8 Å². The molecule has 0 aromatic heterocycles. The van der Waals surface area contributed by atoms with E-state index in [1.807, 2.05) is 0 Å². The van der Waals surface area contributed by atoms with Gasteiger partial charge < -0.3 is 59.1 Å². The normalized spacial score (nSPS) is 8.81. The van der Waals surface area contributed by atoms with Gasteiger partial charge >= 0.3 is 35.8 Å². The highest BCUT2D eigenvalue weighted by Crippen LogP contribution is 2.05. The van der Waals surface area contributed by atoms with Gasteiger partial charge in [-0.1, -0.05) is 139 Å². The first-order valence-electron chi connectivity index (χ1n) is 18.1. The third-order valence-electron chi connectivity index (χ3n) is 3.73. The molecule has 0 unspecified atom stereocenters. The largest absolute Gasteiger partial charge is 0.466 e. The minimum absolute atomic E-state index is 0.105. The van der Waals surface area contributed by atoms with Crippen molar-refractivity contribution in [2.45, 2.75) is 97.2 Å². The van der Waals surface area contributed by atoms with Crippen LogP contribution in [0.4, 0.5) is 0 Å². The first-order chi connectivity index (χ1) is 29.8. The maximum atomic E-state index is 10.3. The van der Waals surface area contributed by atoms with Crippen LogP contribution in [0, 0.1) is 0 Å². The van der Waals surface area contributed by atoms with E-state index in [1.54, 1.807) is 41.5 Å². The highest BCUT2D eigenvalue weighted by Gasteiger charge is 1.99. The van der Waals surface area contributed by atoms with E-state index in [1.165, 1.54) is 0 Å². The second kappa shape index (κ2) is 83.1. The number of carbonyl (C=O) groups is 6. The van der Waals surface area contributed by atoms with E-state index in [0.717, 1.165) is 0 Å². The Labute approximate surface area is 436 Å². The maximum Gasteiger partial charge on any atom is 0.308 e. The average molecular weight is 1190 g/mol. The Morgan fingerprint density at radius 2 is 0.359 bits per heavy atom. The molecule has 30 heteroatoms. The van der Waals surface area contributed by atoms with Gasteiger partial charge in [0.15, 0.2) is 17.2 Å². The minimum atomic E-state index is -0.750. The summed E-state index contributed by atoms with van der Waals surface area (Å²) in [7, 11) is 0. The molecule has 0 spiro atoms. The first-order valence-corrected chi connectivity index (χ1v) is 23.3. The molecule has 0 radical (unpaired) electrons. The summed E-state index contributed by atoms with van der Waals surface area (Å²) in [5, 5.41) is 49.0. The Bertz CT molecular complexity index is 711. The highest BCUT2D eigenvalue weighted by atomic mass is 35.6. The molecule has 0 aromatic rings. The summed E-state index contributed by atoms with van der Waals surface area (Å²) in [6, 6.07) is 0. The Morgan fingerprint density at radius 3 is 0.406 bits per heavy atom. The fourth-order valence-electron chi connectivity index (χ4n) is 1.95. The number of hydrogen-bond acceptors (Lipinski definition) is 18. The Morgan fingerprint density at radius 1 is 0.281 bits per heavy atom. The molecule has 0 bridgehead atoms. The van der Waals surface area contributed by atoms with E-state index in [0.29, 0.717) is 39.6 Å². The van der Waals surface area contributed by atoms with E-state index >= 15 is 0 Å². The van der Waals surface area contributed by atoms with Crippen molar-refractivity contribution in [3.8, 4) is 0 Å². The molecule has 0 atom stereocenters. The van der Waals surface area contributed by atoms with Gasteiger partial charge in [-0.25, -0.2) is 0 Å². The maximum absolute atomic E-state index is 10.3. The van der Waals surface area contributed by atoms with Gasteiger partial charge in [0, 0.05) is 0 Å². The fraction of sp³-hybridized carbons (Fsp3) is 0.824. The van der Waals surface area contributed by atoms with Gasteiger partial charge in [-0.05, 0) is 41.5 Å². The van der Waals surface area contributed by atoms with Crippen LogP contribution in [-0.4, -0.2) is 163 Å². The molecule has 0 amide bonds. The lowest BCUT2D eigenvalue weighted by Crippen LogP contribution is -2.05. The molecule has 6 N–H and O–H groups in total. The van der Waals surface area contributed by atoms with E-state index in [9.17, 15) is 28.8 Å². The molecule has 0 saturated carbocycles. The van der Waals surface area contributed by atoms with Crippen LogP contribution >= 0.6 is 139 Å². The molecule has 0 aliphatic heterocycles. The zero-order valence-corrected chi connectivity index (χ0v) is 45.2. The summed E-state index contributed by atoms with van der Waals surface area (Å²) in [6.07, 6.45) is 0.630. The number of aliphatic hydroxyl groups excluding tert-OH is 6. The number of ether oxygens (including phenoxy) is 6. The van der Waals surface area contributed by atoms with Crippen molar-refractivity contribution in [1.82, 2.24) is 0 Å². The summed E-state index contributed by atoms with van der Waals surface area (Å²) < 4.78 is 23.9. The zero-order valence-electron chi connectivity index (χ0n) is 36.2. The molecule has 392 valence electrons. The van der Waals surface area contributed by atoms with Crippen molar-refractivity contribution in [3.63, 3.8) is 0 Å². The van der Waals surface area contributed by atoms with Gasteiger partial charge in [-0.3, -0.25) is 28.8 Å². The molecular formula is C34H64Cl12O18. The number of esters is 6. The zero-order chi connectivity index (χ0) is 52.7.